The van der Waals surface area contributed by atoms with Crippen molar-refractivity contribution >= 4 is 45.0 Å². The first-order valence-electron chi connectivity index (χ1n) is 23.4. The molecular weight excluding hydrogens is 809 g/mol. The second kappa shape index (κ2) is 19.4. The Hall–Kier alpha value is -4.68. The molecule has 0 radical (unpaired) electrons. The average Bonchev–Trinajstić information content (AvgIpc) is 4.10. The molecule has 0 unspecified atom stereocenters. The number of fused-ring (bicyclic) bond motifs is 4. The molecule has 9 rings (SSSR count). The maximum Gasteiger partial charge on any atom is 0.110 e. The molecule has 1 aliphatic carbocycles. The van der Waals surface area contributed by atoms with E-state index in [0.717, 1.165) is 33.5 Å². The van der Waals surface area contributed by atoms with Crippen LogP contribution in [0.1, 0.15) is 125 Å². The van der Waals surface area contributed by atoms with E-state index in [2.05, 4.69) is 149 Å². The second-order valence-corrected chi connectivity index (χ2v) is 21.0. The first-order chi connectivity index (χ1) is 30.5. The molecule has 1 aliphatic rings. The van der Waals surface area contributed by atoms with Gasteiger partial charge in [0.25, 0.3) is 0 Å². The molecule has 0 atom stereocenters. The number of hydrogen-bond acceptors (Lipinski definition) is 5. The molecule has 0 bridgehead atoms. The molecule has 0 amide bonds. The van der Waals surface area contributed by atoms with Crippen LogP contribution in [0.2, 0.25) is 0 Å². The zero-order valence-electron chi connectivity index (χ0n) is 37.1. The molecule has 5 heteroatoms. The average molecular weight is 869 g/mol. The van der Waals surface area contributed by atoms with E-state index in [0.29, 0.717) is 0 Å². The van der Waals surface area contributed by atoms with Gasteiger partial charge in [-0.15, -0.1) is 34.0 Å². The van der Waals surface area contributed by atoms with Gasteiger partial charge in [-0.2, -0.15) is 0 Å². The van der Waals surface area contributed by atoms with Crippen LogP contribution in [0.3, 0.4) is 0 Å². The summed E-state index contributed by atoms with van der Waals surface area (Å²) in [7, 11) is 0. The lowest BCUT2D eigenvalue weighted by Crippen LogP contribution is -2.25. The van der Waals surface area contributed by atoms with Crippen LogP contribution in [0.5, 0.6) is 0 Å². The molecule has 0 aliphatic heterocycles. The zero-order chi connectivity index (χ0) is 42.5. The van der Waals surface area contributed by atoms with Crippen molar-refractivity contribution in [3.63, 3.8) is 0 Å². The second-order valence-electron chi connectivity index (χ2n) is 17.6. The first-order valence-corrected chi connectivity index (χ1v) is 25.8. The molecule has 8 aromatic rings. The van der Waals surface area contributed by atoms with E-state index in [1.807, 2.05) is 34.0 Å². The van der Waals surface area contributed by atoms with Crippen molar-refractivity contribution in [1.82, 2.24) is 9.97 Å². The maximum atomic E-state index is 5.59. The highest BCUT2D eigenvalue weighted by Gasteiger charge is 2.42. The van der Waals surface area contributed by atoms with Crippen LogP contribution >= 0.6 is 34.0 Å². The molecule has 0 N–H and O–H groups in total. The molecule has 4 heterocycles. The SMILES string of the molecule is CCCCCCCCC1(CCCCCCCC)c2cc(C)ccc2-c2ccc(-c3ccc(-c4sc(-c5ccc(C)s5)c5nc(-c6ccccc6)c(-c6ccccc6)nc45)s3)cc21. The minimum absolute atomic E-state index is 0.0554. The largest absolute Gasteiger partial charge is 0.242 e. The number of nitrogens with zero attached hydrogens (tertiary/aromatic N) is 2. The van der Waals surface area contributed by atoms with E-state index in [4.69, 9.17) is 9.97 Å². The highest BCUT2D eigenvalue weighted by molar-refractivity contribution is 7.28. The maximum absolute atomic E-state index is 5.59. The normalized spacial score (nSPS) is 12.9. The quantitative estimate of drug-likeness (QED) is 0.0757. The van der Waals surface area contributed by atoms with Gasteiger partial charge in [0.1, 0.15) is 11.0 Å². The highest BCUT2D eigenvalue weighted by atomic mass is 32.1. The zero-order valence-corrected chi connectivity index (χ0v) is 39.5. The van der Waals surface area contributed by atoms with Crippen molar-refractivity contribution in [2.45, 2.75) is 123 Å². The van der Waals surface area contributed by atoms with Crippen molar-refractivity contribution in [3.05, 3.63) is 143 Å². The fourth-order valence-corrected chi connectivity index (χ4v) is 13.2. The Morgan fingerprint density at radius 2 is 0.935 bits per heavy atom. The van der Waals surface area contributed by atoms with Crippen molar-refractivity contribution in [1.29, 1.82) is 0 Å². The molecule has 62 heavy (non-hydrogen) atoms. The molecule has 0 saturated carbocycles. The highest BCUT2D eigenvalue weighted by Crippen LogP contribution is 2.56. The fourth-order valence-electron chi connectivity index (χ4n) is 9.89. The number of benzene rings is 4. The Morgan fingerprint density at radius 3 is 1.50 bits per heavy atom. The predicted molar refractivity (Wildman–Crippen MR) is 272 cm³/mol. The summed E-state index contributed by atoms with van der Waals surface area (Å²) in [5.41, 5.74) is 14.8. The summed E-state index contributed by atoms with van der Waals surface area (Å²) in [5, 5.41) is 0. The molecular formula is C57H60N2S3. The van der Waals surface area contributed by atoms with E-state index >= 15 is 0 Å². The van der Waals surface area contributed by atoms with Crippen LogP contribution in [0.4, 0.5) is 0 Å². The van der Waals surface area contributed by atoms with Crippen molar-refractivity contribution < 1.29 is 0 Å². The Kier molecular flexibility index (Phi) is 13.3. The Balaban J connectivity index is 1.13. The van der Waals surface area contributed by atoms with Gasteiger partial charge in [-0.05, 0) is 84.8 Å². The third-order valence-electron chi connectivity index (χ3n) is 13.1. The van der Waals surface area contributed by atoms with Gasteiger partial charge in [-0.3, -0.25) is 0 Å². The van der Waals surface area contributed by atoms with Crippen LogP contribution in [0.25, 0.3) is 74.6 Å². The number of rotatable bonds is 19. The van der Waals surface area contributed by atoms with Gasteiger partial charge in [0, 0.05) is 36.1 Å². The Labute approximate surface area is 382 Å². The van der Waals surface area contributed by atoms with Gasteiger partial charge >= 0.3 is 0 Å². The third-order valence-corrected chi connectivity index (χ3v) is 16.8. The third kappa shape index (κ3) is 8.66. The smallest absolute Gasteiger partial charge is 0.110 e. The number of aryl methyl sites for hydroxylation is 2. The summed E-state index contributed by atoms with van der Waals surface area (Å²) in [6.07, 6.45) is 18.4. The van der Waals surface area contributed by atoms with E-state index in [9.17, 15) is 0 Å². The molecule has 4 aromatic heterocycles. The fraction of sp³-hybridized carbons (Fsp3) is 0.333. The molecule has 0 saturated heterocycles. The molecule has 0 fully saturated rings. The van der Waals surface area contributed by atoms with Gasteiger partial charge in [0.15, 0.2) is 0 Å². The lowest BCUT2D eigenvalue weighted by molar-refractivity contribution is 0.398. The van der Waals surface area contributed by atoms with Crippen molar-refractivity contribution in [3.8, 4) is 63.6 Å². The lowest BCUT2D eigenvalue weighted by atomic mass is 9.70. The summed E-state index contributed by atoms with van der Waals surface area (Å²) < 4.78 is 0. The van der Waals surface area contributed by atoms with E-state index in [1.165, 1.54) is 141 Å². The summed E-state index contributed by atoms with van der Waals surface area (Å²) in [5.74, 6) is 0. The number of aromatic nitrogens is 2. The summed E-state index contributed by atoms with van der Waals surface area (Å²) in [4.78, 5) is 18.7. The minimum Gasteiger partial charge on any atom is -0.242 e. The first kappa shape index (κ1) is 42.6. The molecule has 2 nitrogen and oxygen atoms in total. The van der Waals surface area contributed by atoms with E-state index in [1.54, 1.807) is 11.1 Å². The number of hydrogen-bond donors (Lipinski definition) is 0. The number of unbranched alkanes of at least 4 members (excludes halogenated alkanes) is 10. The van der Waals surface area contributed by atoms with Gasteiger partial charge in [-0.1, -0.05) is 187 Å². The summed E-state index contributed by atoms with van der Waals surface area (Å²) in [6.45, 7) is 9.12. The van der Waals surface area contributed by atoms with Gasteiger partial charge in [0.05, 0.1) is 21.1 Å². The van der Waals surface area contributed by atoms with Crippen molar-refractivity contribution in [2.24, 2.45) is 0 Å². The Bertz CT molecular complexity index is 2740. The number of thiophene rings is 3. The van der Waals surface area contributed by atoms with Crippen molar-refractivity contribution in [2.75, 3.05) is 0 Å². The summed E-state index contributed by atoms with van der Waals surface area (Å²) >= 11 is 5.60. The van der Waals surface area contributed by atoms with E-state index in [-0.39, 0.29) is 5.41 Å². The molecule has 316 valence electrons. The predicted octanol–water partition coefficient (Wildman–Crippen LogP) is 18.5. The van der Waals surface area contributed by atoms with Crippen LogP contribution in [-0.4, -0.2) is 9.97 Å². The van der Waals surface area contributed by atoms with Crippen LogP contribution in [0.15, 0.2) is 121 Å². The standard InChI is InChI=1S/C57H60N2S3/c1-5-7-9-11-13-21-35-57(36-22-14-12-10-8-6-2)46-37-39(3)27-30-44(46)45-31-29-43(38-47(45)57)48-33-34-50(61-48)56-54-53(55(62-56)49-32-28-40(4)60-49)58-51(41-23-17-15-18-24-41)52(59-54)42-25-19-16-20-26-42/h15-20,23-34,37-38H,5-14,21-22,35-36H2,1-4H3. The van der Waals surface area contributed by atoms with Gasteiger partial charge < -0.3 is 0 Å². The van der Waals surface area contributed by atoms with Crippen LogP contribution < -0.4 is 0 Å². The van der Waals surface area contributed by atoms with Gasteiger partial charge in [0.2, 0.25) is 0 Å². The van der Waals surface area contributed by atoms with Crippen LogP contribution in [-0.2, 0) is 5.41 Å². The lowest BCUT2D eigenvalue weighted by Gasteiger charge is -2.33. The molecule has 4 aromatic carbocycles. The Morgan fingerprint density at radius 1 is 0.435 bits per heavy atom. The van der Waals surface area contributed by atoms with E-state index < -0.39 is 0 Å². The summed E-state index contributed by atoms with van der Waals surface area (Å²) in [6, 6.07) is 45.1. The van der Waals surface area contributed by atoms with Gasteiger partial charge in [-0.25, -0.2) is 9.97 Å². The molecule has 0 spiro atoms. The topological polar surface area (TPSA) is 25.8 Å². The van der Waals surface area contributed by atoms with Crippen LogP contribution in [0, 0.1) is 13.8 Å². The minimum atomic E-state index is 0.0554. The monoisotopic (exact) mass is 868 g/mol.